The van der Waals surface area contributed by atoms with E-state index in [2.05, 4.69) is 407 Å². The van der Waals surface area contributed by atoms with Gasteiger partial charge < -0.3 is 18.3 Å². The summed E-state index contributed by atoms with van der Waals surface area (Å²) in [5.74, 6) is 2.57. The molecule has 6 heterocycles. The van der Waals surface area contributed by atoms with Crippen LogP contribution < -0.4 is 0 Å². The van der Waals surface area contributed by atoms with E-state index >= 15 is 0 Å². The molecule has 0 aliphatic rings. The Morgan fingerprint density at radius 1 is 0.167 bits per heavy atom. The van der Waals surface area contributed by atoms with Crippen molar-refractivity contribution < 1.29 is 0 Å². The highest BCUT2D eigenvalue weighted by Gasteiger charge is 2.26. The van der Waals surface area contributed by atoms with Crippen molar-refractivity contribution in [1.82, 2.24) is 43.2 Å². The summed E-state index contributed by atoms with van der Waals surface area (Å²) in [6.45, 7) is 0. The molecule has 9 nitrogen and oxygen atoms in total. The van der Waals surface area contributed by atoms with E-state index < -0.39 is 0 Å². The van der Waals surface area contributed by atoms with Crippen molar-refractivity contribution >= 4 is 109 Å². The highest BCUT2D eigenvalue weighted by molar-refractivity contribution is 6.30. The lowest BCUT2D eigenvalue weighted by atomic mass is 10.00. The molecule has 23 rings (SSSR count). The van der Waals surface area contributed by atoms with Gasteiger partial charge in [-0.2, -0.15) is 0 Å². The van der Waals surface area contributed by atoms with Crippen LogP contribution in [-0.2, 0) is 0 Å². The molecule has 0 bridgehead atoms. The molecular weight excluding hydrogens is 1390 g/mol. The Morgan fingerprint density at radius 2 is 0.509 bits per heavy atom. The number of para-hydroxylation sites is 8. The number of nitrogens with zero attached hydrogens (tertiary/aromatic N) is 9. The first kappa shape index (κ1) is 65.6. The fourth-order valence-corrected chi connectivity index (χ4v) is 17.4. The van der Waals surface area contributed by atoms with E-state index in [1.165, 1.54) is 81.5 Å². The fourth-order valence-electron chi connectivity index (χ4n) is 17.4. The van der Waals surface area contributed by atoms with Gasteiger partial charge in [-0.25, -0.2) is 24.9 Å². The Morgan fingerprint density at radius 3 is 1.00 bits per heavy atom. The second-order valence-corrected chi connectivity index (χ2v) is 29.0. The van der Waals surface area contributed by atoms with Crippen molar-refractivity contribution in [3.63, 3.8) is 0 Å². The minimum absolute atomic E-state index is 0.615. The van der Waals surface area contributed by atoms with E-state index in [9.17, 15) is 0 Å². The molecule has 0 radical (unpaired) electrons. The third-order valence-electron chi connectivity index (χ3n) is 22.5. The van der Waals surface area contributed by atoms with Gasteiger partial charge in [0.15, 0.2) is 23.3 Å². The molecule has 0 atom stereocenters. The molecule has 9 heteroatoms. The molecule has 0 spiro atoms. The SMILES string of the molecule is c1ccc(-c2cccc(-c3cc(-c4ccccc4-n4c5ccccc5c5c6c7ccccc7n(-c7ccccc7)c6ccc54)nc(-c4ccccc4)n3)c2)cc1.c1ccc(-n2c3ccccc3c3c4c5ccccc5n(-c5ccccc5-c5nc(-c6ccc7ccccc7c6)nc(-c6ccc7ccccc7c6)n5)c4ccc32)cc1. The predicted molar refractivity (Wildman–Crippen MR) is 472 cm³/mol. The summed E-state index contributed by atoms with van der Waals surface area (Å²) in [5, 5.41) is 14.4. The Labute approximate surface area is 656 Å². The van der Waals surface area contributed by atoms with Gasteiger partial charge in [0.2, 0.25) is 0 Å². The van der Waals surface area contributed by atoms with Crippen LogP contribution in [0.4, 0.5) is 0 Å². The van der Waals surface area contributed by atoms with Crippen LogP contribution in [0.5, 0.6) is 0 Å². The zero-order chi connectivity index (χ0) is 75.2. The summed E-state index contributed by atoms with van der Waals surface area (Å²) in [6.07, 6.45) is 0. The lowest BCUT2D eigenvalue weighted by Gasteiger charge is -2.15. The summed E-state index contributed by atoms with van der Waals surface area (Å²) in [5.41, 5.74) is 23.5. The van der Waals surface area contributed by atoms with E-state index in [-0.39, 0.29) is 0 Å². The molecule has 23 aromatic rings. The molecule has 0 aliphatic carbocycles. The largest absolute Gasteiger partial charge is 0.309 e. The van der Waals surface area contributed by atoms with Crippen molar-refractivity contribution in [2.45, 2.75) is 0 Å². The van der Waals surface area contributed by atoms with Gasteiger partial charge in [-0.05, 0) is 148 Å². The first-order valence-corrected chi connectivity index (χ1v) is 38.6. The van der Waals surface area contributed by atoms with Gasteiger partial charge in [0.25, 0.3) is 0 Å². The van der Waals surface area contributed by atoms with Gasteiger partial charge in [-0.3, -0.25) is 0 Å². The monoisotopic (exact) mass is 1450 g/mol. The smallest absolute Gasteiger partial charge is 0.166 e. The summed E-state index contributed by atoms with van der Waals surface area (Å²) in [6, 6.07) is 144. The lowest BCUT2D eigenvalue weighted by Crippen LogP contribution is -2.03. The van der Waals surface area contributed by atoms with Crippen LogP contribution in [0.15, 0.2) is 406 Å². The molecule has 0 saturated heterocycles. The second kappa shape index (κ2) is 27.3. The maximum Gasteiger partial charge on any atom is 0.166 e. The van der Waals surface area contributed by atoms with Crippen molar-refractivity contribution in [2.75, 3.05) is 0 Å². The molecule has 6 aromatic heterocycles. The molecule has 532 valence electrons. The van der Waals surface area contributed by atoms with Crippen molar-refractivity contribution in [3.05, 3.63) is 406 Å². The predicted octanol–water partition coefficient (Wildman–Crippen LogP) is 26.7. The Bertz CT molecular complexity index is 7630. The van der Waals surface area contributed by atoms with Crippen molar-refractivity contribution in [1.29, 1.82) is 0 Å². The minimum atomic E-state index is 0.615. The maximum absolute atomic E-state index is 5.31. The zero-order valence-electron chi connectivity index (χ0n) is 61.7. The molecule has 0 saturated carbocycles. The topological polar surface area (TPSA) is 84.2 Å². The molecular formula is C105H67N9. The van der Waals surface area contributed by atoms with Crippen molar-refractivity contribution in [2.24, 2.45) is 0 Å². The molecule has 0 fully saturated rings. The lowest BCUT2D eigenvalue weighted by molar-refractivity contribution is 1.07. The second-order valence-electron chi connectivity index (χ2n) is 29.0. The summed E-state index contributed by atoms with van der Waals surface area (Å²) >= 11 is 0. The van der Waals surface area contributed by atoms with Crippen LogP contribution in [0.3, 0.4) is 0 Å². The normalized spacial score (nSPS) is 11.7. The summed E-state index contributed by atoms with van der Waals surface area (Å²) < 4.78 is 9.60. The van der Waals surface area contributed by atoms with Gasteiger partial charge in [0.05, 0.1) is 66.9 Å². The van der Waals surface area contributed by atoms with E-state index in [1.54, 1.807) is 0 Å². The molecule has 0 unspecified atom stereocenters. The maximum atomic E-state index is 5.31. The number of hydrogen-bond acceptors (Lipinski definition) is 5. The Hall–Kier alpha value is -15.5. The van der Waals surface area contributed by atoms with E-state index in [4.69, 9.17) is 24.9 Å². The van der Waals surface area contributed by atoms with Crippen LogP contribution in [0, 0.1) is 0 Å². The van der Waals surface area contributed by atoms with Crippen LogP contribution in [0.25, 0.3) is 211 Å². The first-order chi connectivity index (χ1) is 56.6. The van der Waals surface area contributed by atoms with Gasteiger partial charge in [0, 0.05) is 87.8 Å². The highest BCUT2D eigenvalue weighted by Crippen LogP contribution is 2.47. The van der Waals surface area contributed by atoms with Gasteiger partial charge in [-0.1, -0.05) is 291 Å². The van der Waals surface area contributed by atoms with Gasteiger partial charge >= 0.3 is 0 Å². The number of rotatable bonds is 11. The van der Waals surface area contributed by atoms with Crippen LogP contribution in [-0.4, -0.2) is 43.2 Å². The van der Waals surface area contributed by atoms with Crippen LogP contribution in [0.2, 0.25) is 0 Å². The highest BCUT2D eigenvalue weighted by atomic mass is 15.1. The van der Waals surface area contributed by atoms with Crippen molar-refractivity contribution in [3.8, 4) is 102 Å². The van der Waals surface area contributed by atoms with E-state index in [0.29, 0.717) is 23.3 Å². The third kappa shape index (κ3) is 11.0. The number of hydrogen-bond donors (Lipinski definition) is 0. The fraction of sp³-hybridized carbons (Fsp3) is 0. The third-order valence-corrected chi connectivity index (χ3v) is 22.5. The number of fused-ring (bicyclic) bond motifs is 16. The Kier molecular flexibility index (Phi) is 15.7. The van der Waals surface area contributed by atoms with Crippen LogP contribution >= 0.6 is 0 Å². The average molecular weight is 1450 g/mol. The van der Waals surface area contributed by atoms with Gasteiger partial charge in [0.1, 0.15) is 0 Å². The average Bonchev–Trinajstić information content (AvgIpc) is 1.55. The molecule has 0 amide bonds. The first-order valence-electron chi connectivity index (χ1n) is 38.6. The standard InChI is InChI=1S/C53H33N5.C52H34N4/c1-2-18-40(19-3-1)57-44-23-11-8-20-41(44)49-47(57)30-31-48-50(49)42-21-9-12-24-45(42)58(48)46-25-13-10-22-43(46)53-55-51(38-28-26-34-14-4-6-16-36(34)32-38)54-52(56-53)39-29-27-35-15-5-7-17-37(35)33-39;1-4-17-35(18-5-1)37-21-16-22-38(33-37)43-34-44(54-52(53-43)36-19-6-2-7-20-36)40-25-10-13-28-45(40)56-47-30-15-12-27-42(47)51-49(56)32-31-48-50(51)41-26-11-14-29-46(41)55(48)39-23-8-3-9-24-39/h1-33H;1-34H. The number of benzene rings is 17. The van der Waals surface area contributed by atoms with E-state index in [0.717, 1.165) is 106 Å². The Balaban J connectivity index is 0.000000139. The van der Waals surface area contributed by atoms with Crippen LogP contribution in [0.1, 0.15) is 0 Å². The molecule has 114 heavy (non-hydrogen) atoms. The van der Waals surface area contributed by atoms with Gasteiger partial charge in [-0.15, -0.1) is 0 Å². The molecule has 17 aromatic carbocycles. The zero-order valence-corrected chi connectivity index (χ0v) is 61.7. The minimum Gasteiger partial charge on any atom is -0.309 e. The summed E-state index contributed by atoms with van der Waals surface area (Å²) in [4.78, 5) is 26.2. The molecule has 0 N–H and O–H groups in total. The van der Waals surface area contributed by atoms with E-state index in [1.807, 2.05) is 18.2 Å². The molecule has 0 aliphatic heterocycles. The number of aromatic nitrogens is 9. The summed E-state index contributed by atoms with van der Waals surface area (Å²) in [7, 11) is 0. The quantitative estimate of drug-likeness (QED) is 0.129.